The van der Waals surface area contributed by atoms with Gasteiger partial charge in [0.1, 0.15) is 0 Å². The number of nitrogens with two attached hydrogens (primary N) is 1. The molecular weight excluding hydrogens is 312 g/mol. The molecule has 0 saturated carbocycles. The van der Waals surface area contributed by atoms with Gasteiger partial charge in [0.2, 0.25) is 0 Å². The van der Waals surface area contributed by atoms with Crippen LogP contribution in [0.2, 0.25) is 0 Å². The van der Waals surface area contributed by atoms with E-state index in [0.29, 0.717) is 12.1 Å². The lowest BCUT2D eigenvalue weighted by Crippen LogP contribution is -2.52. The largest absolute Gasteiger partial charge is 0.345 e. The summed E-state index contributed by atoms with van der Waals surface area (Å²) in [6.45, 7) is 6.41. The highest BCUT2D eigenvalue weighted by Crippen LogP contribution is 2.17. The fraction of sp³-hybridized carbons (Fsp3) is 0.412. The molecular formula is C17H25ClN4O. The topological polar surface area (TPSA) is 72.9 Å². The van der Waals surface area contributed by atoms with Crippen molar-refractivity contribution in [2.24, 2.45) is 5.73 Å². The molecule has 0 radical (unpaired) electrons. The minimum atomic E-state index is -0.349. The van der Waals surface area contributed by atoms with Gasteiger partial charge in [-0.05, 0) is 31.9 Å². The number of nitrogens with zero attached hydrogens (tertiary/aromatic N) is 2. The Labute approximate surface area is 143 Å². The van der Waals surface area contributed by atoms with E-state index in [1.807, 2.05) is 51.1 Å². The summed E-state index contributed by atoms with van der Waals surface area (Å²) in [6, 6.07) is 9.77. The number of para-hydroxylation sites is 1. The molecule has 1 heterocycles. The zero-order valence-electron chi connectivity index (χ0n) is 13.9. The van der Waals surface area contributed by atoms with Gasteiger partial charge in [0.15, 0.2) is 0 Å². The van der Waals surface area contributed by atoms with Crippen LogP contribution in [-0.2, 0) is 0 Å². The summed E-state index contributed by atoms with van der Waals surface area (Å²) in [5, 5.41) is 7.42. The third kappa shape index (κ3) is 3.92. The quantitative estimate of drug-likeness (QED) is 0.852. The van der Waals surface area contributed by atoms with Crippen LogP contribution in [0.3, 0.4) is 0 Å². The van der Waals surface area contributed by atoms with Crippen molar-refractivity contribution >= 4 is 18.3 Å². The summed E-state index contributed by atoms with van der Waals surface area (Å²) >= 11 is 0. The highest BCUT2D eigenvalue weighted by molar-refractivity contribution is 5.95. The summed E-state index contributed by atoms with van der Waals surface area (Å²) in [5.74, 6) is -0.117. The van der Waals surface area contributed by atoms with E-state index in [1.54, 1.807) is 10.9 Å². The molecule has 5 nitrogen and oxygen atoms in total. The minimum absolute atomic E-state index is 0. The van der Waals surface area contributed by atoms with E-state index in [4.69, 9.17) is 5.73 Å². The molecule has 2 rings (SSSR count). The first-order chi connectivity index (χ1) is 10.6. The molecule has 23 heavy (non-hydrogen) atoms. The van der Waals surface area contributed by atoms with Crippen molar-refractivity contribution < 1.29 is 4.79 Å². The standard InChI is InChI=1S/C17H24N4O.ClH/c1-4-17(5-2,12-18)20-16(22)15-11-19-21(13(15)3)14-9-7-6-8-10-14;/h6-11H,4-5,12,18H2,1-3H3,(H,20,22);1H. The number of rotatable bonds is 6. The summed E-state index contributed by atoms with van der Waals surface area (Å²) in [6.07, 6.45) is 3.22. The number of carbonyl (C=O) groups is 1. The fourth-order valence-electron chi connectivity index (χ4n) is 2.54. The molecule has 0 unspecified atom stereocenters. The second-order valence-electron chi connectivity index (χ2n) is 5.54. The van der Waals surface area contributed by atoms with Crippen molar-refractivity contribution in [3.8, 4) is 5.69 Å². The Morgan fingerprint density at radius 2 is 1.87 bits per heavy atom. The Hall–Kier alpha value is -1.85. The van der Waals surface area contributed by atoms with E-state index in [2.05, 4.69) is 10.4 Å². The van der Waals surface area contributed by atoms with Gasteiger partial charge in [-0.25, -0.2) is 4.68 Å². The van der Waals surface area contributed by atoms with Crippen LogP contribution in [0.25, 0.3) is 5.69 Å². The Balaban J connectivity index is 0.00000264. The van der Waals surface area contributed by atoms with E-state index in [-0.39, 0.29) is 23.9 Å². The van der Waals surface area contributed by atoms with E-state index >= 15 is 0 Å². The lowest BCUT2D eigenvalue weighted by molar-refractivity contribution is 0.0894. The monoisotopic (exact) mass is 336 g/mol. The first-order valence-corrected chi connectivity index (χ1v) is 7.69. The molecule has 0 spiro atoms. The normalized spacial score (nSPS) is 11.0. The van der Waals surface area contributed by atoms with Crippen molar-refractivity contribution in [3.05, 3.63) is 47.8 Å². The highest BCUT2D eigenvalue weighted by atomic mass is 35.5. The summed E-state index contributed by atoms with van der Waals surface area (Å²) in [4.78, 5) is 12.6. The lowest BCUT2D eigenvalue weighted by atomic mass is 9.92. The molecule has 1 aromatic carbocycles. The zero-order valence-corrected chi connectivity index (χ0v) is 14.7. The molecule has 0 aliphatic heterocycles. The van der Waals surface area contributed by atoms with Gasteiger partial charge in [-0.15, -0.1) is 12.4 Å². The maximum Gasteiger partial charge on any atom is 0.255 e. The Morgan fingerprint density at radius 3 is 2.39 bits per heavy atom. The Bertz CT molecular complexity index is 627. The van der Waals surface area contributed by atoms with Gasteiger partial charge < -0.3 is 11.1 Å². The van der Waals surface area contributed by atoms with Gasteiger partial charge in [0.05, 0.1) is 28.7 Å². The summed E-state index contributed by atoms with van der Waals surface area (Å²) in [7, 11) is 0. The number of hydrogen-bond donors (Lipinski definition) is 2. The van der Waals surface area contributed by atoms with Crippen molar-refractivity contribution in [1.82, 2.24) is 15.1 Å². The molecule has 3 N–H and O–H groups in total. The Kier molecular flexibility index (Phi) is 6.79. The van der Waals surface area contributed by atoms with Crippen LogP contribution < -0.4 is 11.1 Å². The fourth-order valence-corrected chi connectivity index (χ4v) is 2.54. The number of benzene rings is 1. The minimum Gasteiger partial charge on any atom is -0.345 e. The average Bonchev–Trinajstić information content (AvgIpc) is 2.95. The molecule has 1 aromatic heterocycles. The van der Waals surface area contributed by atoms with Crippen LogP contribution in [-0.4, -0.2) is 27.8 Å². The smallest absolute Gasteiger partial charge is 0.255 e. The molecule has 0 aliphatic carbocycles. The van der Waals surface area contributed by atoms with Gasteiger partial charge >= 0.3 is 0 Å². The van der Waals surface area contributed by atoms with Gasteiger partial charge in [0, 0.05) is 6.54 Å². The van der Waals surface area contributed by atoms with Gasteiger partial charge in [-0.3, -0.25) is 4.79 Å². The summed E-state index contributed by atoms with van der Waals surface area (Å²) < 4.78 is 1.77. The van der Waals surface area contributed by atoms with Crippen LogP contribution in [0.4, 0.5) is 0 Å². The number of nitrogens with one attached hydrogen (secondary N) is 1. The predicted molar refractivity (Wildman–Crippen MR) is 95.4 cm³/mol. The van der Waals surface area contributed by atoms with Gasteiger partial charge in [-0.1, -0.05) is 32.0 Å². The highest BCUT2D eigenvalue weighted by Gasteiger charge is 2.28. The first-order valence-electron chi connectivity index (χ1n) is 7.69. The molecule has 0 saturated heterocycles. The molecule has 1 amide bonds. The van der Waals surface area contributed by atoms with E-state index in [1.165, 1.54) is 0 Å². The molecule has 0 aliphatic rings. The first kappa shape index (κ1) is 19.2. The number of halogens is 1. The Morgan fingerprint density at radius 1 is 1.26 bits per heavy atom. The SMILES string of the molecule is CCC(CC)(CN)NC(=O)c1cnn(-c2ccccc2)c1C.Cl. The van der Waals surface area contributed by atoms with Crippen molar-refractivity contribution in [3.63, 3.8) is 0 Å². The van der Waals surface area contributed by atoms with E-state index in [0.717, 1.165) is 24.2 Å². The van der Waals surface area contributed by atoms with Crippen molar-refractivity contribution in [2.75, 3.05) is 6.54 Å². The number of hydrogen-bond acceptors (Lipinski definition) is 3. The second kappa shape index (κ2) is 8.13. The molecule has 0 bridgehead atoms. The molecule has 6 heteroatoms. The van der Waals surface area contributed by atoms with Crippen LogP contribution in [0, 0.1) is 6.92 Å². The van der Waals surface area contributed by atoms with Crippen LogP contribution in [0.1, 0.15) is 42.7 Å². The molecule has 0 atom stereocenters. The number of carbonyl (C=O) groups excluding carboxylic acids is 1. The van der Waals surface area contributed by atoms with Gasteiger partial charge in [0.25, 0.3) is 5.91 Å². The zero-order chi connectivity index (χ0) is 16.2. The molecule has 2 aromatic rings. The number of amides is 1. The third-order valence-corrected chi connectivity index (χ3v) is 4.38. The van der Waals surface area contributed by atoms with Crippen molar-refractivity contribution in [2.45, 2.75) is 39.2 Å². The number of aromatic nitrogens is 2. The van der Waals surface area contributed by atoms with Gasteiger partial charge in [-0.2, -0.15) is 5.10 Å². The molecule has 0 fully saturated rings. The summed E-state index contributed by atoms with van der Waals surface area (Å²) in [5.41, 5.74) is 7.85. The van der Waals surface area contributed by atoms with E-state index < -0.39 is 0 Å². The average molecular weight is 337 g/mol. The lowest BCUT2D eigenvalue weighted by Gasteiger charge is -2.31. The van der Waals surface area contributed by atoms with Crippen LogP contribution >= 0.6 is 12.4 Å². The van der Waals surface area contributed by atoms with Crippen molar-refractivity contribution in [1.29, 1.82) is 0 Å². The maximum absolute atomic E-state index is 12.6. The van der Waals surface area contributed by atoms with Crippen LogP contribution in [0.15, 0.2) is 36.5 Å². The van der Waals surface area contributed by atoms with Crippen LogP contribution in [0.5, 0.6) is 0 Å². The van der Waals surface area contributed by atoms with E-state index in [9.17, 15) is 4.79 Å². The maximum atomic E-state index is 12.6. The second-order valence-corrected chi connectivity index (χ2v) is 5.54. The molecule has 126 valence electrons. The third-order valence-electron chi connectivity index (χ3n) is 4.38. The predicted octanol–water partition coefficient (Wildman–Crippen LogP) is 2.85.